The number of benzene rings is 1. The normalized spacial score (nSPS) is 11.5. The van der Waals surface area contributed by atoms with Gasteiger partial charge < -0.3 is 14.2 Å². The Morgan fingerprint density at radius 1 is 1.37 bits per heavy atom. The number of rotatable bonds is 7. The number of hydrogen-bond donors (Lipinski definition) is 0. The van der Waals surface area contributed by atoms with Crippen molar-refractivity contribution < 1.29 is 23.8 Å². The maximum Gasteiger partial charge on any atom is 0.347 e. The maximum atomic E-state index is 11.6. The van der Waals surface area contributed by atoms with E-state index in [-0.39, 0.29) is 0 Å². The van der Waals surface area contributed by atoms with E-state index in [2.05, 4.69) is 0 Å². The van der Waals surface area contributed by atoms with Crippen LogP contribution in [-0.2, 0) is 9.53 Å². The second-order valence-corrected chi connectivity index (χ2v) is 3.79. The Balaban J connectivity index is 2.85. The fraction of sp³-hybridized carbons (Fsp3) is 0.429. The molecular weight excluding hydrogens is 248 g/mol. The lowest BCUT2D eigenvalue weighted by molar-refractivity contribution is -0.151. The molecule has 5 heteroatoms. The molecule has 0 aromatic heterocycles. The molecule has 0 saturated carbocycles. The summed E-state index contributed by atoms with van der Waals surface area (Å²) in [4.78, 5) is 22.5. The van der Waals surface area contributed by atoms with Gasteiger partial charge >= 0.3 is 5.97 Å². The summed E-state index contributed by atoms with van der Waals surface area (Å²) in [6.07, 6.45) is 0.492. The average molecular weight is 266 g/mol. The molecule has 0 radical (unpaired) electrons. The molecule has 5 nitrogen and oxygen atoms in total. The number of methoxy groups -OCH3 is 1. The molecule has 0 spiro atoms. The molecule has 0 bridgehead atoms. The van der Waals surface area contributed by atoms with Gasteiger partial charge in [-0.1, -0.05) is 6.92 Å². The van der Waals surface area contributed by atoms with E-state index >= 15 is 0 Å². The lowest BCUT2D eigenvalue weighted by atomic mass is 10.2. The van der Waals surface area contributed by atoms with Crippen LogP contribution >= 0.6 is 0 Å². The standard InChI is InChI=1S/C14H18O5/c1-4-12(14(16)18-5-2)19-11-6-7-13(17-3)10(8-11)9-15/h6-9,12H,4-5H2,1-3H3. The van der Waals surface area contributed by atoms with Crippen LogP contribution in [-0.4, -0.2) is 32.1 Å². The van der Waals surface area contributed by atoms with Gasteiger partial charge in [-0.3, -0.25) is 4.79 Å². The quantitative estimate of drug-likeness (QED) is 0.559. The summed E-state index contributed by atoms with van der Waals surface area (Å²) in [6.45, 7) is 3.87. The first-order chi connectivity index (χ1) is 9.15. The third kappa shape index (κ3) is 3.98. The molecule has 0 aliphatic rings. The molecule has 0 N–H and O–H groups in total. The molecule has 1 aromatic rings. The van der Waals surface area contributed by atoms with E-state index in [4.69, 9.17) is 14.2 Å². The van der Waals surface area contributed by atoms with Crippen LogP contribution in [0.3, 0.4) is 0 Å². The van der Waals surface area contributed by atoms with Crippen LogP contribution in [0.25, 0.3) is 0 Å². The zero-order valence-corrected chi connectivity index (χ0v) is 11.3. The number of esters is 1. The summed E-state index contributed by atoms with van der Waals surface area (Å²) in [5, 5.41) is 0. The van der Waals surface area contributed by atoms with Crippen LogP contribution in [0.5, 0.6) is 11.5 Å². The molecule has 0 amide bonds. The van der Waals surface area contributed by atoms with Crippen molar-refractivity contribution in [3.8, 4) is 11.5 Å². The molecule has 1 rings (SSSR count). The highest BCUT2D eigenvalue weighted by Gasteiger charge is 2.20. The molecule has 0 fully saturated rings. The van der Waals surface area contributed by atoms with E-state index < -0.39 is 12.1 Å². The van der Waals surface area contributed by atoms with Crippen LogP contribution in [0, 0.1) is 0 Å². The van der Waals surface area contributed by atoms with Crippen molar-refractivity contribution in [1.82, 2.24) is 0 Å². The number of carbonyl (C=O) groups is 2. The molecule has 19 heavy (non-hydrogen) atoms. The zero-order chi connectivity index (χ0) is 14.3. The minimum absolute atomic E-state index is 0.306. The number of carbonyl (C=O) groups excluding carboxylic acids is 2. The summed E-state index contributed by atoms with van der Waals surface area (Å²) >= 11 is 0. The van der Waals surface area contributed by atoms with E-state index in [1.165, 1.54) is 13.2 Å². The predicted octanol–water partition coefficient (Wildman–Crippen LogP) is 2.23. The monoisotopic (exact) mass is 266 g/mol. The second-order valence-electron chi connectivity index (χ2n) is 3.79. The number of aldehydes is 1. The third-order valence-corrected chi connectivity index (χ3v) is 2.53. The van der Waals surface area contributed by atoms with Gasteiger partial charge in [-0.2, -0.15) is 0 Å². The fourth-order valence-corrected chi connectivity index (χ4v) is 1.58. The van der Waals surface area contributed by atoms with Gasteiger partial charge in [-0.15, -0.1) is 0 Å². The first kappa shape index (κ1) is 15.0. The van der Waals surface area contributed by atoms with E-state index in [0.717, 1.165) is 0 Å². The Kier molecular flexibility index (Phi) is 5.85. The molecule has 1 atom stereocenters. The lowest BCUT2D eigenvalue weighted by Gasteiger charge is -2.16. The van der Waals surface area contributed by atoms with E-state index in [0.29, 0.717) is 36.4 Å². The summed E-state index contributed by atoms with van der Waals surface area (Å²) in [5.74, 6) is 0.489. The van der Waals surface area contributed by atoms with Gasteiger partial charge in [0.2, 0.25) is 0 Å². The molecule has 0 saturated heterocycles. The summed E-state index contributed by atoms with van der Waals surface area (Å²) in [6, 6.07) is 4.80. The van der Waals surface area contributed by atoms with Gasteiger partial charge in [-0.05, 0) is 31.5 Å². The van der Waals surface area contributed by atoms with Crippen molar-refractivity contribution >= 4 is 12.3 Å². The Bertz CT molecular complexity index is 441. The zero-order valence-electron chi connectivity index (χ0n) is 11.3. The van der Waals surface area contributed by atoms with Crippen molar-refractivity contribution in [2.75, 3.05) is 13.7 Å². The van der Waals surface area contributed by atoms with Gasteiger partial charge in [0, 0.05) is 0 Å². The highest BCUT2D eigenvalue weighted by Crippen LogP contribution is 2.23. The Hall–Kier alpha value is -2.04. The number of ether oxygens (including phenoxy) is 3. The molecule has 0 aliphatic heterocycles. The third-order valence-electron chi connectivity index (χ3n) is 2.53. The highest BCUT2D eigenvalue weighted by molar-refractivity contribution is 5.80. The van der Waals surface area contributed by atoms with Crippen molar-refractivity contribution in [2.24, 2.45) is 0 Å². The second kappa shape index (κ2) is 7.41. The predicted molar refractivity (Wildman–Crippen MR) is 69.7 cm³/mol. The first-order valence-electron chi connectivity index (χ1n) is 6.12. The van der Waals surface area contributed by atoms with Crippen molar-refractivity contribution in [3.05, 3.63) is 23.8 Å². The summed E-state index contributed by atoms with van der Waals surface area (Å²) in [7, 11) is 1.48. The summed E-state index contributed by atoms with van der Waals surface area (Å²) in [5.41, 5.74) is 0.374. The van der Waals surface area contributed by atoms with E-state index in [1.54, 1.807) is 19.1 Å². The van der Waals surface area contributed by atoms with E-state index in [1.807, 2.05) is 6.92 Å². The Morgan fingerprint density at radius 3 is 2.63 bits per heavy atom. The minimum atomic E-state index is -0.673. The van der Waals surface area contributed by atoms with Crippen molar-refractivity contribution in [1.29, 1.82) is 0 Å². The minimum Gasteiger partial charge on any atom is -0.496 e. The maximum absolute atomic E-state index is 11.6. The van der Waals surface area contributed by atoms with Gasteiger partial charge in [0.25, 0.3) is 0 Å². The van der Waals surface area contributed by atoms with Gasteiger partial charge in [0.05, 0.1) is 19.3 Å². The first-order valence-corrected chi connectivity index (χ1v) is 6.12. The topological polar surface area (TPSA) is 61.8 Å². The van der Waals surface area contributed by atoms with Crippen molar-refractivity contribution in [2.45, 2.75) is 26.4 Å². The molecular formula is C14H18O5. The van der Waals surface area contributed by atoms with Crippen LogP contribution in [0.4, 0.5) is 0 Å². The lowest BCUT2D eigenvalue weighted by Crippen LogP contribution is -2.28. The van der Waals surface area contributed by atoms with Crippen molar-refractivity contribution in [3.63, 3.8) is 0 Å². The smallest absolute Gasteiger partial charge is 0.347 e. The van der Waals surface area contributed by atoms with Crippen LogP contribution in [0.2, 0.25) is 0 Å². The average Bonchev–Trinajstić information content (AvgIpc) is 2.44. The van der Waals surface area contributed by atoms with Gasteiger partial charge in [0.1, 0.15) is 11.5 Å². The molecule has 1 unspecified atom stereocenters. The molecule has 0 heterocycles. The van der Waals surface area contributed by atoms with Gasteiger partial charge in [-0.25, -0.2) is 4.79 Å². The van der Waals surface area contributed by atoms with Crippen LogP contribution in [0.15, 0.2) is 18.2 Å². The molecule has 104 valence electrons. The largest absolute Gasteiger partial charge is 0.496 e. The number of hydrogen-bond acceptors (Lipinski definition) is 5. The SMILES string of the molecule is CCOC(=O)C(CC)Oc1ccc(OC)c(C=O)c1. The molecule has 1 aromatic carbocycles. The summed E-state index contributed by atoms with van der Waals surface area (Å²) < 4.78 is 15.5. The van der Waals surface area contributed by atoms with Gasteiger partial charge in [0.15, 0.2) is 12.4 Å². The Labute approximate surface area is 112 Å². The molecule has 0 aliphatic carbocycles. The van der Waals surface area contributed by atoms with Crippen LogP contribution < -0.4 is 9.47 Å². The fourth-order valence-electron chi connectivity index (χ4n) is 1.58. The Morgan fingerprint density at radius 2 is 2.11 bits per heavy atom. The van der Waals surface area contributed by atoms with E-state index in [9.17, 15) is 9.59 Å². The van der Waals surface area contributed by atoms with Crippen LogP contribution in [0.1, 0.15) is 30.6 Å². The highest BCUT2D eigenvalue weighted by atomic mass is 16.6.